The standard InChI is InChI=1S/C22H22FN3O5/c1-4-22(13-14-8-10-15(23)11-9-14)21(28)25(2)18(20(27)24-22)12-16-17(26(29)30)6-5-7-19(16)31-3/h5-12H,4,13H2,1-3H3,(H,24,27). The van der Waals surface area contributed by atoms with Crippen LogP contribution < -0.4 is 10.1 Å². The van der Waals surface area contributed by atoms with Crippen LogP contribution in [-0.4, -0.2) is 41.3 Å². The van der Waals surface area contributed by atoms with Crippen molar-refractivity contribution in [2.75, 3.05) is 14.2 Å². The lowest BCUT2D eigenvalue weighted by Gasteiger charge is -2.41. The van der Waals surface area contributed by atoms with Crippen LogP contribution in [0.15, 0.2) is 48.2 Å². The summed E-state index contributed by atoms with van der Waals surface area (Å²) >= 11 is 0. The third kappa shape index (κ3) is 4.11. The normalized spacial score (nSPS) is 20.0. The number of carbonyl (C=O) groups is 2. The van der Waals surface area contributed by atoms with Gasteiger partial charge in [0.25, 0.3) is 17.5 Å². The molecule has 1 atom stereocenters. The Morgan fingerprint density at radius 3 is 2.48 bits per heavy atom. The van der Waals surface area contributed by atoms with E-state index in [4.69, 9.17) is 4.74 Å². The molecule has 9 heteroatoms. The quantitative estimate of drug-likeness (QED) is 0.434. The molecular formula is C22H22FN3O5. The number of methoxy groups -OCH3 is 1. The summed E-state index contributed by atoms with van der Waals surface area (Å²) in [7, 11) is 2.81. The molecule has 0 spiro atoms. The van der Waals surface area contributed by atoms with Crippen molar-refractivity contribution in [3.63, 3.8) is 0 Å². The van der Waals surface area contributed by atoms with Crippen molar-refractivity contribution >= 4 is 23.6 Å². The zero-order valence-electron chi connectivity index (χ0n) is 17.3. The summed E-state index contributed by atoms with van der Waals surface area (Å²) in [5.41, 5.74) is -0.728. The van der Waals surface area contributed by atoms with Crippen LogP contribution in [-0.2, 0) is 16.0 Å². The Morgan fingerprint density at radius 1 is 1.23 bits per heavy atom. The van der Waals surface area contributed by atoms with Crippen LogP contribution in [0.5, 0.6) is 5.75 Å². The number of hydrogen-bond donors (Lipinski definition) is 1. The van der Waals surface area contributed by atoms with E-state index >= 15 is 0 Å². The van der Waals surface area contributed by atoms with Gasteiger partial charge in [-0.2, -0.15) is 0 Å². The van der Waals surface area contributed by atoms with Crippen molar-refractivity contribution in [3.8, 4) is 5.75 Å². The molecular weight excluding hydrogens is 405 g/mol. The molecule has 0 radical (unpaired) electrons. The number of nitro groups is 1. The first kappa shape index (κ1) is 21.9. The number of likely N-dealkylation sites (N-methyl/N-ethyl adjacent to an activating group) is 1. The van der Waals surface area contributed by atoms with Crippen LogP contribution in [0.25, 0.3) is 6.08 Å². The van der Waals surface area contributed by atoms with Crippen molar-refractivity contribution in [2.45, 2.75) is 25.3 Å². The number of benzene rings is 2. The SMILES string of the molecule is CCC1(Cc2ccc(F)cc2)NC(=O)C(=Cc2c(OC)cccc2[N+](=O)[O-])N(C)C1=O. The van der Waals surface area contributed by atoms with Crippen LogP contribution in [0.2, 0.25) is 0 Å². The lowest BCUT2D eigenvalue weighted by atomic mass is 9.84. The topological polar surface area (TPSA) is 102 Å². The van der Waals surface area contributed by atoms with Crippen LogP contribution >= 0.6 is 0 Å². The lowest BCUT2D eigenvalue weighted by molar-refractivity contribution is -0.385. The fourth-order valence-electron chi connectivity index (χ4n) is 3.67. The number of nitrogens with zero attached hydrogens (tertiary/aromatic N) is 2. The van der Waals surface area contributed by atoms with E-state index in [2.05, 4.69) is 5.32 Å². The molecule has 0 aromatic heterocycles. The molecule has 2 aromatic carbocycles. The molecule has 1 N–H and O–H groups in total. The van der Waals surface area contributed by atoms with Gasteiger partial charge in [-0.05, 0) is 36.3 Å². The predicted octanol–water partition coefficient (Wildman–Crippen LogP) is 3.06. The number of halogens is 1. The molecule has 31 heavy (non-hydrogen) atoms. The van der Waals surface area contributed by atoms with E-state index in [1.807, 2.05) is 0 Å². The van der Waals surface area contributed by atoms with E-state index in [9.17, 15) is 24.1 Å². The second kappa shape index (κ2) is 8.55. The van der Waals surface area contributed by atoms with E-state index in [1.54, 1.807) is 19.1 Å². The maximum absolute atomic E-state index is 13.3. The summed E-state index contributed by atoms with van der Waals surface area (Å²) in [6, 6.07) is 10.0. The lowest BCUT2D eigenvalue weighted by Crippen LogP contribution is -2.65. The molecule has 0 aliphatic carbocycles. The number of rotatable bonds is 6. The van der Waals surface area contributed by atoms with Gasteiger partial charge in [0.1, 0.15) is 22.8 Å². The number of amides is 2. The second-order valence-corrected chi connectivity index (χ2v) is 7.24. The molecule has 1 aliphatic rings. The number of ether oxygens (including phenoxy) is 1. The summed E-state index contributed by atoms with van der Waals surface area (Å²) in [6.45, 7) is 1.77. The molecule has 0 saturated carbocycles. The van der Waals surface area contributed by atoms with Crippen LogP contribution in [0.1, 0.15) is 24.5 Å². The molecule has 1 saturated heterocycles. The highest BCUT2D eigenvalue weighted by Gasteiger charge is 2.46. The second-order valence-electron chi connectivity index (χ2n) is 7.24. The van der Waals surface area contributed by atoms with Crippen LogP contribution in [0.4, 0.5) is 10.1 Å². The van der Waals surface area contributed by atoms with Crippen LogP contribution in [0, 0.1) is 15.9 Å². The van der Waals surface area contributed by atoms with Crippen molar-refractivity contribution < 1.29 is 23.6 Å². The molecule has 1 fully saturated rings. The summed E-state index contributed by atoms with van der Waals surface area (Å²) in [6.07, 6.45) is 1.77. The Bertz CT molecular complexity index is 1070. The molecule has 2 amide bonds. The van der Waals surface area contributed by atoms with Gasteiger partial charge in [0, 0.05) is 19.5 Å². The largest absolute Gasteiger partial charge is 0.496 e. The number of nitrogens with one attached hydrogen (secondary N) is 1. The zero-order valence-corrected chi connectivity index (χ0v) is 17.3. The number of carbonyl (C=O) groups excluding carboxylic acids is 2. The van der Waals surface area contributed by atoms with Gasteiger partial charge in [-0.1, -0.05) is 25.1 Å². The van der Waals surface area contributed by atoms with Gasteiger partial charge >= 0.3 is 0 Å². The first-order valence-electron chi connectivity index (χ1n) is 9.60. The van der Waals surface area contributed by atoms with Gasteiger partial charge in [0.05, 0.1) is 17.6 Å². The molecule has 1 aliphatic heterocycles. The Morgan fingerprint density at radius 2 is 1.90 bits per heavy atom. The maximum atomic E-state index is 13.3. The average Bonchev–Trinajstić information content (AvgIpc) is 2.76. The third-order valence-electron chi connectivity index (χ3n) is 5.42. The smallest absolute Gasteiger partial charge is 0.280 e. The van der Waals surface area contributed by atoms with Crippen molar-refractivity contribution in [1.29, 1.82) is 0 Å². The highest BCUT2D eigenvalue weighted by Crippen LogP contribution is 2.33. The maximum Gasteiger partial charge on any atom is 0.280 e. The highest BCUT2D eigenvalue weighted by molar-refractivity contribution is 6.09. The van der Waals surface area contributed by atoms with E-state index in [-0.39, 0.29) is 35.0 Å². The highest BCUT2D eigenvalue weighted by atomic mass is 19.1. The summed E-state index contributed by atoms with van der Waals surface area (Å²) in [5.74, 6) is -1.11. The monoisotopic (exact) mass is 427 g/mol. The van der Waals surface area contributed by atoms with E-state index in [0.29, 0.717) is 12.0 Å². The molecule has 3 rings (SSSR count). The van der Waals surface area contributed by atoms with Gasteiger partial charge < -0.3 is 15.0 Å². The number of hydrogen-bond acceptors (Lipinski definition) is 5. The Hall–Kier alpha value is -3.75. The number of nitro benzene ring substituents is 1. The Labute approximate surface area is 178 Å². The number of piperazine rings is 1. The van der Waals surface area contributed by atoms with Gasteiger partial charge in [-0.3, -0.25) is 19.7 Å². The van der Waals surface area contributed by atoms with Gasteiger partial charge in [0.15, 0.2) is 0 Å². The Balaban J connectivity index is 2.02. The minimum absolute atomic E-state index is 0.0409. The molecule has 2 aromatic rings. The van der Waals surface area contributed by atoms with E-state index < -0.39 is 22.2 Å². The molecule has 0 bridgehead atoms. The van der Waals surface area contributed by atoms with Crippen molar-refractivity contribution in [1.82, 2.24) is 10.2 Å². The van der Waals surface area contributed by atoms with E-state index in [1.165, 1.54) is 55.5 Å². The fraction of sp³-hybridized carbons (Fsp3) is 0.273. The van der Waals surface area contributed by atoms with Crippen molar-refractivity contribution in [2.24, 2.45) is 0 Å². The molecule has 1 unspecified atom stereocenters. The first-order valence-corrected chi connectivity index (χ1v) is 9.60. The van der Waals surface area contributed by atoms with Gasteiger partial charge in [-0.25, -0.2) is 4.39 Å². The van der Waals surface area contributed by atoms with E-state index in [0.717, 1.165) is 0 Å². The van der Waals surface area contributed by atoms with Crippen molar-refractivity contribution in [3.05, 3.63) is 75.2 Å². The first-order chi connectivity index (χ1) is 14.7. The molecule has 1 heterocycles. The molecule has 8 nitrogen and oxygen atoms in total. The zero-order chi connectivity index (χ0) is 22.8. The fourth-order valence-corrected chi connectivity index (χ4v) is 3.67. The average molecular weight is 427 g/mol. The predicted molar refractivity (Wildman–Crippen MR) is 112 cm³/mol. The summed E-state index contributed by atoms with van der Waals surface area (Å²) < 4.78 is 18.5. The van der Waals surface area contributed by atoms with Gasteiger partial charge in [0.2, 0.25) is 0 Å². The third-order valence-corrected chi connectivity index (χ3v) is 5.42. The minimum Gasteiger partial charge on any atom is -0.496 e. The minimum atomic E-state index is -1.21. The Kier molecular flexibility index (Phi) is 6.05. The summed E-state index contributed by atoms with van der Waals surface area (Å²) in [4.78, 5) is 38.4. The molecule has 162 valence electrons. The van der Waals surface area contributed by atoms with Crippen LogP contribution in [0.3, 0.4) is 0 Å². The van der Waals surface area contributed by atoms with Gasteiger partial charge in [-0.15, -0.1) is 0 Å². The summed E-state index contributed by atoms with van der Waals surface area (Å²) in [5, 5.41) is 14.2.